The summed E-state index contributed by atoms with van der Waals surface area (Å²) in [5, 5.41) is 8.15. The van der Waals surface area contributed by atoms with Gasteiger partial charge in [-0.25, -0.2) is 4.68 Å². The van der Waals surface area contributed by atoms with Gasteiger partial charge in [0.15, 0.2) is 0 Å². The molecule has 122 valence electrons. The number of hydrogen-bond acceptors (Lipinski definition) is 4. The van der Waals surface area contributed by atoms with Gasteiger partial charge in [0, 0.05) is 31.5 Å². The van der Waals surface area contributed by atoms with Crippen molar-refractivity contribution in [2.24, 2.45) is 7.05 Å². The first-order valence-corrected chi connectivity index (χ1v) is 7.99. The van der Waals surface area contributed by atoms with Gasteiger partial charge in [-0.15, -0.1) is 5.10 Å². The fourth-order valence-electron chi connectivity index (χ4n) is 3.61. The second-order valence-corrected chi connectivity index (χ2v) is 6.47. The van der Waals surface area contributed by atoms with E-state index in [1.807, 2.05) is 36.5 Å². The number of rotatable bonds is 1. The molecule has 0 bridgehead atoms. The van der Waals surface area contributed by atoms with Crippen LogP contribution in [0.25, 0.3) is 0 Å². The summed E-state index contributed by atoms with van der Waals surface area (Å²) in [5.41, 5.74) is 3.92. The number of nitrogens with zero attached hydrogens (tertiary/aromatic N) is 5. The fraction of sp³-hybridized carbons (Fsp3) is 0.562. The number of carbonyl (C=O) groups excluding carboxylic acids is 1. The minimum atomic E-state index is -0.00739. The lowest BCUT2D eigenvalue weighted by molar-refractivity contribution is -0.0627. The minimum absolute atomic E-state index is 0.00739. The molecule has 1 amide bonds. The van der Waals surface area contributed by atoms with Crippen molar-refractivity contribution in [3.63, 3.8) is 0 Å². The summed E-state index contributed by atoms with van der Waals surface area (Å²) in [5.74, 6) is 0.0950. The number of carbonyl (C=O) groups is 1. The number of aromatic nitrogens is 4. The summed E-state index contributed by atoms with van der Waals surface area (Å²) in [6.07, 6.45) is 2.59. The van der Waals surface area contributed by atoms with Crippen LogP contribution in [0.3, 0.4) is 0 Å². The van der Waals surface area contributed by atoms with Gasteiger partial charge in [-0.3, -0.25) is 4.79 Å². The minimum Gasteiger partial charge on any atom is -0.368 e. The number of likely N-dealkylation sites (tertiary alicyclic amines) is 1. The second kappa shape index (κ2) is 5.19. The molecule has 2 atom stereocenters. The first-order chi connectivity index (χ1) is 11.1. The third-order valence-electron chi connectivity index (χ3n) is 5.23. The third-order valence-corrected chi connectivity index (χ3v) is 5.23. The SMILES string of the molecule is Cc1cc(C(=O)N2CC[C@H]3[C@H](C2)OCc2cnnn23)c(C)n1C. The Balaban J connectivity index is 1.55. The van der Waals surface area contributed by atoms with Crippen LogP contribution in [-0.2, 0) is 18.4 Å². The molecule has 7 nitrogen and oxygen atoms in total. The summed E-state index contributed by atoms with van der Waals surface area (Å²) < 4.78 is 9.96. The highest BCUT2D eigenvalue weighted by Gasteiger charge is 2.38. The van der Waals surface area contributed by atoms with Gasteiger partial charge in [-0.1, -0.05) is 5.21 Å². The van der Waals surface area contributed by atoms with Gasteiger partial charge < -0.3 is 14.2 Å². The molecule has 0 spiro atoms. The lowest BCUT2D eigenvalue weighted by Gasteiger charge is -2.40. The third kappa shape index (κ3) is 2.18. The van der Waals surface area contributed by atoms with Gasteiger partial charge in [-0.2, -0.15) is 0 Å². The zero-order valence-electron chi connectivity index (χ0n) is 13.7. The Bertz CT molecular complexity index is 763. The topological polar surface area (TPSA) is 65.2 Å². The van der Waals surface area contributed by atoms with Gasteiger partial charge >= 0.3 is 0 Å². The molecule has 0 unspecified atom stereocenters. The van der Waals surface area contributed by atoms with E-state index >= 15 is 0 Å². The number of hydrogen-bond donors (Lipinski definition) is 0. The van der Waals surface area contributed by atoms with Crippen molar-refractivity contribution in [3.8, 4) is 0 Å². The highest BCUT2D eigenvalue weighted by molar-refractivity contribution is 5.95. The smallest absolute Gasteiger partial charge is 0.255 e. The first-order valence-electron chi connectivity index (χ1n) is 7.99. The maximum Gasteiger partial charge on any atom is 0.255 e. The molecule has 23 heavy (non-hydrogen) atoms. The lowest BCUT2D eigenvalue weighted by atomic mass is 9.99. The van der Waals surface area contributed by atoms with Crippen LogP contribution in [0, 0.1) is 13.8 Å². The van der Waals surface area contributed by atoms with E-state index in [9.17, 15) is 4.79 Å². The molecule has 2 aliphatic rings. The number of aryl methyl sites for hydroxylation is 1. The summed E-state index contributed by atoms with van der Waals surface area (Å²) in [6, 6.07) is 2.16. The van der Waals surface area contributed by atoms with Crippen molar-refractivity contribution in [1.29, 1.82) is 0 Å². The molecule has 0 radical (unpaired) electrons. The molecule has 1 saturated heterocycles. The Kier molecular flexibility index (Phi) is 3.26. The van der Waals surface area contributed by atoms with Crippen LogP contribution in [0.1, 0.15) is 39.9 Å². The zero-order valence-corrected chi connectivity index (χ0v) is 13.7. The summed E-state index contributed by atoms with van der Waals surface area (Å²) in [7, 11) is 1.99. The van der Waals surface area contributed by atoms with Crippen LogP contribution in [-0.4, -0.2) is 49.6 Å². The normalized spacial score (nSPS) is 23.5. The molecule has 4 rings (SSSR count). The van der Waals surface area contributed by atoms with Crippen LogP contribution in [0.4, 0.5) is 0 Å². The summed E-state index contributed by atoms with van der Waals surface area (Å²) in [4.78, 5) is 14.8. The predicted octanol–water partition coefficient (Wildman–Crippen LogP) is 1.22. The predicted molar refractivity (Wildman–Crippen MR) is 83.0 cm³/mol. The molecular weight excluding hydrogens is 294 g/mol. The Morgan fingerprint density at radius 2 is 2.22 bits per heavy atom. The average Bonchev–Trinajstić information content (AvgIpc) is 3.14. The lowest BCUT2D eigenvalue weighted by Crippen LogP contribution is -2.50. The fourth-order valence-corrected chi connectivity index (χ4v) is 3.61. The van der Waals surface area contributed by atoms with Crippen molar-refractivity contribution in [1.82, 2.24) is 24.5 Å². The van der Waals surface area contributed by atoms with Crippen LogP contribution < -0.4 is 0 Å². The van der Waals surface area contributed by atoms with E-state index in [1.165, 1.54) is 0 Å². The molecular formula is C16H21N5O2. The second-order valence-electron chi connectivity index (χ2n) is 6.47. The van der Waals surface area contributed by atoms with E-state index in [-0.39, 0.29) is 18.1 Å². The number of piperidine rings is 1. The van der Waals surface area contributed by atoms with Crippen LogP contribution >= 0.6 is 0 Å². The molecule has 0 aromatic carbocycles. The average molecular weight is 315 g/mol. The Morgan fingerprint density at radius 1 is 1.39 bits per heavy atom. The van der Waals surface area contributed by atoms with Crippen LogP contribution in [0.15, 0.2) is 12.3 Å². The van der Waals surface area contributed by atoms with Gasteiger partial charge in [-0.05, 0) is 26.3 Å². The van der Waals surface area contributed by atoms with Crippen molar-refractivity contribution >= 4 is 5.91 Å². The van der Waals surface area contributed by atoms with Gasteiger partial charge in [0.05, 0.1) is 36.2 Å². The van der Waals surface area contributed by atoms with E-state index in [0.29, 0.717) is 13.2 Å². The Labute approximate surface area is 134 Å². The molecule has 0 N–H and O–H groups in total. The van der Waals surface area contributed by atoms with E-state index < -0.39 is 0 Å². The first kappa shape index (κ1) is 14.4. The Hall–Kier alpha value is -2.15. The van der Waals surface area contributed by atoms with Crippen LogP contribution in [0.5, 0.6) is 0 Å². The maximum absolute atomic E-state index is 12.9. The molecule has 7 heteroatoms. The zero-order chi connectivity index (χ0) is 16.1. The van der Waals surface area contributed by atoms with Gasteiger partial charge in [0.2, 0.25) is 0 Å². The summed E-state index contributed by atoms with van der Waals surface area (Å²) in [6.45, 7) is 5.85. The quantitative estimate of drug-likeness (QED) is 0.794. The van der Waals surface area contributed by atoms with E-state index in [2.05, 4.69) is 14.9 Å². The van der Waals surface area contributed by atoms with Crippen molar-refractivity contribution < 1.29 is 9.53 Å². The molecule has 0 saturated carbocycles. The summed E-state index contributed by atoms with van der Waals surface area (Å²) >= 11 is 0. The highest BCUT2D eigenvalue weighted by Crippen LogP contribution is 2.31. The largest absolute Gasteiger partial charge is 0.368 e. The molecule has 2 aromatic heterocycles. The Morgan fingerprint density at radius 3 is 2.96 bits per heavy atom. The van der Waals surface area contributed by atoms with E-state index in [0.717, 1.165) is 35.6 Å². The van der Waals surface area contributed by atoms with Crippen molar-refractivity contribution in [2.75, 3.05) is 13.1 Å². The maximum atomic E-state index is 12.9. The van der Waals surface area contributed by atoms with Crippen molar-refractivity contribution in [2.45, 2.75) is 39.0 Å². The number of amides is 1. The van der Waals surface area contributed by atoms with Crippen LogP contribution in [0.2, 0.25) is 0 Å². The van der Waals surface area contributed by atoms with E-state index in [1.54, 1.807) is 6.20 Å². The molecule has 0 aliphatic carbocycles. The standard InChI is InChI=1S/C16H21N5O2/c1-10-6-13(11(2)19(10)3)16(22)20-5-4-14-15(8-20)23-9-12-7-17-18-21(12)14/h6-7,14-15H,4-5,8-9H2,1-3H3/t14-,15-/m0/s1. The highest BCUT2D eigenvalue weighted by atomic mass is 16.5. The molecule has 2 aliphatic heterocycles. The number of ether oxygens (including phenoxy) is 1. The van der Waals surface area contributed by atoms with Crippen molar-refractivity contribution in [3.05, 3.63) is 34.9 Å². The molecule has 4 heterocycles. The molecule has 1 fully saturated rings. The molecule has 2 aromatic rings. The van der Waals surface area contributed by atoms with Gasteiger partial charge in [0.25, 0.3) is 5.91 Å². The van der Waals surface area contributed by atoms with Gasteiger partial charge in [0.1, 0.15) is 0 Å². The monoisotopic (exact) mass is 315 g/mol. The number of fused-ring (bicyclic) bond motifs is 3. The van der Waals surface area contributed by atoms with E-state index in [4.69, 9.17) is 4.74 Å².